The number of benzene rings is 2. The molecule has 0 aromatic heterocycles. The first-order valence-corrected chi connectivity index (χ1v) is 6.48. The summed E-state index contributed by atoms with van der Waals surface area (Å²) in [4.78, 5) is 22.0. The molecule has 0 heterocycles. The molecule has 112 valence electrons. The molecule has 2 rings (SSSR count). The zero-order valence-electron chi connectivity index (χ0n) is 11.2. The van der Waals surface area contributed by atoms with Crippen LogP contribution >= 0.6 is 11.6 Å². The van der Waals surface area contributed by atoms with E-state index >= 15 is 0 Å². The van der Waals surface area contributed by atoms with Crippen molar-refractivity contribution in [3.05, 3.63) is 68.7 Å². The largest absolute Gasteiger partial charge is 0.399 e. The fourth-order valence-corrected chi connectivity index (χ4v) is 1.86. The van der Waals surface area contributed by atoms with Crippen LogP contribution in [0.4, 0.5) is 11.4 Å². The number of hydrogen-bond donors (Lipinski definition) is 2. The molecule has 0 unspecified atom stereocenters. The number of nitrogens with zero attached hydrogens (tertiary/aromatic N) is 2. The highest BCUT2D eigenvalue weighted by atomic mass is 35.5. The number of nitrogen functional groups attached to an aromatic ring is 1. The van der Waals surface area contributed by atoms with Crippen LogP contribution < -0.4 is 11.2 Å². The van der Waals surface area contributed by atoms with Crippen molar-refractivity contribution in [2.45, 2.75) is 0 Å². The van der Waals surface area contributed by atoms with Gasteiger partial charge in [-0.15, -0.1) is 0 Å². The van der Waals surface area contributed by atoms with Crippen molar-refractivity contribution in [1.82, 2.24) is 5.43 Å². The maximum atomic E-state index is 11.9. The lowest BCUT2D eigenvalue weighted by molar-refractivity contribution is -0.384. The van der Waals surface area contributed by atoms with Gasteiger partial charge in [-0.2, -0.15) is 5.10 Å². The van der Waals surface area contributed by atoms with Crippen LogP contribution in [-0.4, -0.2) is 17.0 Å². The second-order valence-electron chi connectivity index (χ2n) is 4.29. The lowest BCUT2D eigenvalue weighted by Crippen LogP contribution is -2.18. The summed E-state index contributed by atoms with van der Waals surface area (Å²) in [5.41, 5.74) is 8.32. The summed E-state index contributed by atoms with van der Waals surface area (Å²) in [6, 6.07) is 10.6. The highest BCUT2D eigenvalue weighted by molar-refractivity contribution is 6.33. The van der Waals surface area contributed by atoms with Gasteiger partial charge >= 0.3 is 0 Å². The number of hydrogen-bond acceptors (Lipinski definition) is 5. The Balaban J connectivity index is 2.13. The second-order valence-corrected chi connectivity index (χ2v) is 4.70. The average molecular weight is 319 g/mol. The van der Waals surface area contributed by atoms with E-state index in [1.807, 2.05) is 0 Å². The molecular formula is C14H11ClN4O3. The first-order chi connectivity index (χ1) is 10.5. The second kappa shape index (κ2) is 6.68. The normalized spacial score (nSPS) is 10.6. The molecule has 2 aromatic carbocycles. The number of carbonyl (C=O) groups is 1. The Morgan fingerprint density at radius 1 is 1.32 bits per heavy atom. The molecule has 0 saturated carbocycles. The zero-order chi connectivity index (χ0) is 16.1. The van der Waals surface area contributed by atoms with Crippen LogP contribution in [0.1, 0.15) is 15.9 Å². The molecule has 22 heavy (non-hydrogen) atoms. The van der Waals surface area contributed by atoms with Crippen molar-refractivity contribution in [3.8, 4) is 0 Å². The maximum Gasteiger partial charge on any atom is 0.272 e. The van der Waals surface area contributed by atoms with Crippen molar-refractivity contribution >= 4 is 35.1 Å². The molecule has 2 aromatic rings. The molecule has 0 radical (unpaired) electrons. The molecule has 1 amide bonds. The Morgan fingerprint density at radius 3 is 2.73 bits per heavy atom. The van der Waals surface area contributed by atoms with Crippen molar-refractivity contribution in [2.24, 2.45) is 5.10 Å². The third-order valence-corrected chi connectivity index (χ3v) is 3.03. The highest BCUT2D eigenvalue weighted by Gasteiger charge is 2.13. The van der Waals surface area contributed by atoms with E-state index in [0.717, 1.165) is 6.07 Å². The number of non-ortho nitro benzene ring substituents is 1. The zero-order valence-corrected chi connectivity index (χ0v) is 11.9. The molecule has 0 bridgehead atoms. The van der Waals surface area contributed by atoms with Gasteiger partial charge in [-0.25, -0.2) is 5.43 Å². The van der Waals surface area contributed by atoms with E-state index in [2.05, 4.69) is 10.5 Å². The summed E-state index contributed by atoms with van der Waals surface area (Å²) < 4.78 is 0. The Bertz CT molecular complexity index is 762. The van der Waals surface area contributed by atoms with Gasteiger partial charge in [0.05, 0.1) is 16.7 Å². The first kappa shape index (κ1) is 15.5. The average Bonchev–Trinajstić information content (AvgIpc) is 2.48. The maximum absolute atomic E-state index is 11.9. The van der Waals surface area contributed by atoms with Gasteiger partial charge in [0.2, 0.25) is 0 Å². The molecule has 0 aliphatic rings. The summed E-state index contributed by atoms with van der Waals surface area (Å²) in [7, 11) is 0. The van der Waals surface area contributed by atoms with E-state index in [9.17, 15) is 14.9 Å². The third-order valence-electron chi connectivity index (χ3n) is 2.69. The minimum atomic E-state index is -0.625. The van der Waals surface area contributed by atoms with E-state index in [0.29, 0.717) is 10.6 Å². The molecule has 8 heteroatoms. The summed E-state index contributed by atoms with van der Waals surface area (Å²) in [6.45, 7) is 0. The van der Waals surface area contributed by atoms with Crippen LogP contribution in [0.15, 0.2) is 47.6 Å². The highest BCUT2D eigenvalue weighted by Crippen LogP contribution is 2.18. The summed E-state index contributed by atoms with van der Waals surface area (Å²) in [5, 5.41) is 15.0. The number of rotatable bonds is 4. The summed E-state index contributed by atoms with van der Waals surface area (Å²) in [5.74, 6) is -0.612. The van der Waals surface area contributed by atoms with Gasteiger partial charge in [0, 0.05) is 28.4 Å². The van der Waals surface area contributed by atoms with E-state index in [1.54, 1.807) is 24.3 Å². The topological polar surface area (TPSA) is 111 Å². The Kier molecular flexibility index (Phi) is 4.70. The lowest BCUT2D eigenvalue weighted by Gasteiger charge is -2.02. The fourth-order valence-electron chi connectivity index (χ4n) is 1.68. The quantitative estimate of drug-likeness (QED) is 0.390. The Hall–Kier alpha value is -2.93. The predicted octanol–water partition coefficient (Wildman–Crippen LogP) is 2.59. The minimum Gasteiger partial charge on any atom is -0.399 e. The number of halogens is 1. The van der Waals surface area contributed by atoms with E-state index < -0.39 is 10.8 Å². The van der Waals surface area contributed by atoms with Crippen molar-refractivity contribution in [3.63, 3.8) is 0 Å². The van der Waals surface area contributed by atoms with Crippen LogP contribution in [0.3, 0.4) is 0 Å². The van der Waals surface area contributed by atoms with Crippen molar-refractivity contribution in [2.75, 3.05) is 5.73 Å². The number of nitrogens with two attached hydrogens (primary N) is 1. The van der Waals surface area contributed by atoms with Crippen LogP contribution in [0.2, 0.25) is 5.02 Å². The molecule has 0 aliphatic heterocycles. The van der Waals surface area contributed by atoms with Crippen molar-refractivity contribution < 1.29 is 9.72 Å². The van der Waals surface area contributed by atoms with E-state index in [1.165, 1.54) is 18.3 Å². The fraction of sp³-hybridized carbons (Fsp3) is 0. The van der Waals surface area contributed by atoms with Crippen LogP contribution in [0.25, 0.3) is 0 Å². The molecule has 0 spiro atoms. The predicted molar refractivity (Wildman–Crippen MR) is 84.0 cm³/mol. The third kappa shape index (κ3) is 3.80. The first-order valence-electron chi connectivity index (χ1n) is 6.10. The molecule has 0 saturated heterocycles. The molecule has 0 atom stereocenters. The number of hydrazone groups is 1. The Labute approximate surface area is 130 Å². The van der Waals surface area contributed by atoms with Gasteiger partial charge in [0.1, 0.15) is 0 Å². The molecule has 3 N–H and O–H groups in total. The smallest absolute Gasteiger partial charge is 0.272 e. The van der Waals surface area contributed by atoms with E-state index in [4.69, 9.17) is 17.3 Å². The van der Waals surface area contributed by atoms with Gasteiger partial charge in [-0.3, -0.25) is 14.9 Å². The van der Waals surface area contributed by atoms with Crippen LogP contribution in [0.5, 0.6) is 0 Å². The monoisotopic (exact) mass is 318 g/mol. The lowest BCUT2D eigenvalue weighted by atomic mass is 10.1. The number of nitro benzene ring substituents is 1. The van der Waals surface area contributed by atoms with E-state index in [-0.39, 0.29) is 16.9 Å². The number of carbonyl (C=O) groups excluding carboxylic acids is 1. The minimum absolute atomic E-state index is 0.0445. The van der Waals surface area contributed by atoms with Crippen LogP contribution in [0, 0.1) is 10.1 Å². The standard InChI is InChI=1S/C14H11ClN4O3/c15-13-4-2-1-3-9(13)8-17-18-14(20)10-5-11(16)7-12(6-10)19(21)22/h1-8H,16H2,(H,18,20)/b17-8-. The SMILES string of the molecule is Nc1cc(C(=O)N/N=C\c2ccccc2Cl)cc([N+](=O)[O-])c1. The van der Waals surface area contributed by atoms with Gasteiger partial charge in [-0.1, -0.05) is 29.8 Å². The molecular weight excluding hydrogens is 308 g/mol. The van der Waals surface area contributed by atoms with Gasteiger partial charge in [0.15, 0.2) is 0 Å². The Morgan fingerprint density at radius 2 is 2.05 bits per heavy atom. The number of anilines is 1. The molecule has 7 nitrogen and oxygen atoms in total. The van der Waals surface area contributed by atoms with Gasteiger partial charge in [-0.05, 0) is 12.1 Å². The number of nitro groups is 1. The van der Waals surface area contributed by atoms with Crippen LogP contribution in [-0.2, 0) is 0 Å². The number of nitrogens with one attached hydrogen (secondary N) is 1. The van der Waals surface area contributed by atoms with Gasteiger partial charge < -0.3 is 5.73 Å². The number of amides is 1. The summed E-state index contributed by atoms with van der Waals surface area (Å²) >= 11 is 5.94. The van der Waals surface area contributed by atoms with Crippen molar-refractivity contribution in [1.29, 1.82) is 0 Å². The summed E-state index contributed by atoms with van der Waals surface area (Å²) in [6.07, 6.45) is 1.38. The van der Waals surface area contributed by atoms with Gasteiger partial charge in [0.25, 0.3) is 11.6 Å². The molecule has 0 aliphatic carbocycles. The molecule has 0 fully saturated rings.